The highest BCUT2D eigenvalue weighted by Gasteiger charge is 2.22. The van der Waals surface area contributed by atoms with E-state index in [1.54, 1.807) is 41.9 Å². The van der Waals surface area contributed by atoms with Crippen LogP contribution >= 0.6 is 11.8 Å². The van der Waals surface area contributed by atoms with Crippen LogP contribution in [0.15, 0.2) is 0 Å². The highest BCUT2D eigenvalue weighted by molar-refractivity contribution is 7.99. The minimum Gasteiger partial charge on any atom is -0.460 e. The van der Waals surface area contributed by atoms with Crippen molar-refractivity contribution >= 4 is 35.1 Å². The Hall–Kier alpha value is -1.45. The van der Waals surface area contributed by atoms with Gasteiger partial charge < -0.3 is 33.7 Å². The minimum atomic E-state index is -0.597. The molecule has 2 N–H and O–H groups in total. The zero-order valence-corrected chi connectivity index (χ0v) is 61.1. The maximum absolute atomic E-state index is 10.7. The lowest BCUT2D eigenvalue weighted by atomic mass is 9.86. The van der Waals surface area contributed by atoms with Gasteiger partial charge in [-0.1, -0.05) is 117 Å². The van der Waals surface area contributed by atoms with Crippen molar-refractivity contribution in [3.8, 4) is 0 Å². The summed E-state index contributed by atoms with van der Waals surface area (Å²) in [6.07, 6.45) is 11.6. The van der Waals surface area contributed by atoms with Crippen LogP contribution in [-0.2, 0) is 47.6 Å². The molecule has 13 heteroatoms. The number of methoxy groups -OCH3 is 3. The average Bonchev–Trinajstić information content (AvgIpc) is 3.34. The molecule has 0 radical (unpaired) electrons. The fourth-order valence-electron chi connectivity index (χ4n) is 3.17. The van der Waals surface area contributed by atoms with Crippen molar-refractivity contribution in [3.05, 3.63) is 0 Å². The van der Waals surface area contributed by atoms with Crippen molar-refractivity contribution < 1.29 is 47.6 Å². The molecule has 0 aromatic heterocycles. The standard InChI is InChI=1S/2C7H14O2.C7H16O.C7H14O.C7H16.C6H15NO.C6H15N.C6H12O2.C6H14O.C6H14S.CH4/c1-6(8)5-7(2,3)9-4;1-5-7(3,4)9-6(2)8;1-5-7(3,4)8-6-2;1-5-7(3,4)6(2)8;1-5-7(3,4)6-2;1-5-8-6(2,3)7-4;1-5-6(2,3)7-4;1-5(7)6(2,3)8-4;2*1-5-6(2,3)7-4;/h2*5H2,1-4H3;5-6H2,1-4H3;5H2,1-4H3;5-6H2,1-4H3;7H,5H2,1-4H3;7H,5H2,1-4H3;1-4H3;2*5H2,1-4H3;1H4. The topological polar surface area (TPSA) is 148 Å². The third-order valence-corrected chi connectivity index (χ3v) is 15.9. The minimum absolute atomic E-state index is 0. The normalized spacial score (nSPS) is 11.6. The smallest absolute Gasteiger partial charge is 0.303 e. The molecule has 0 fully saturated rings. The highest BCUT2D eigenvalue weighted by Crippen LogP contribution is 2.24. The van der Waals surface area contributed by atoms with Crippen molar-refractivity contribution in [1.29, 1.82) is 0 Å². The lowest BCUT2D eigenvalue weighted by Crippen LogP contribution is -2.38. The number of rotatable bonds is 23. The third-order valence-electron chi connectivity index (χ3n) is 14.5. The molecule has 0 amide bonds. The summed E-state index contributed by atoms with van der Waals surface area (Å²) in [6.45, 7) is 69.8. The molecule has 79 heavy (non-hydrogen) atoms. The molecule has 0 aromatic rings. The SMILES string of the molecule is C.CCC(C)(C)C(C)=O.CCC(C)(C)CC.CCC(C)(C)NC.CCC(C)(C)OC.CCC(C)(C)OC(C)=O.CCC(C)(C)SC.CCOC(C)(C)CC.CCOC(C)(C)NC.COC(C)(C)C(C)=O.COC(C)(C)CC(C)=O. The van der Waals surface area contributed by atoms with Crippen molar-refractivity contribution in [2.45, 2.75) is 345 Å². The molecule has 0 heterocycles. The summed E-state index contributed by atoms with van der Waals surface area (Å²) in [5.41, 5.74) is -0.332. The van der Waals surface area contributed by atoms with Crippen LogP contribution in [-0.4, -0.2) is 122 Å². The lowest BCUT2D eigenvalue weighted by Gasteiger charge is -2.23. The number of hydrogen-bond acceptors (Lipinski definition) is 13. The molecular formula is C66H148N2O10S. The largest absolute Gasteiger partial charge is 0.460 e. The van der Waals surface area contributed by atoms with E-state index in [4.69, 9.17) is 28.4 Å². The van der Waals surface area contributed by atoms with E-state index >= 15 is 0 Å². The molecule has 0 rings (SSSR count). The van der Waals surface area contributed by atoms with E-state index in [0.717, 1.165) is 38.9 Å². The van der Waals surface area contributed by atoms with E-state index < -0.39 is 5.60 Å². The van der Waals surface area contributed by atoms with Gasteiger partial charge in [-0.25, -0.2) is 0 Å². The molecule has 0 atom stereocenters. The number of esters is 1. The molecule has 0 unspecified atom stereocenters. The first kappa shape index (κ1) is 103. The van der Waals surface area contributed by atoms with Crippen molar-refractivity contribution in [3.63, 3.8) is 0 Å². The summed E-state index contributed by atoms with van der Waals surface area (Å²) >= 11 is 1.93. The predicted molar refractivity (Wildman–Crippen MR) is 354 cm³/mol. The third kappa shape index (κ3) is 85.5. The molecule has 0 aliphatic carbocycles. The van der Waals surface area contributed by atoms with Gasteiger partial charge in [0.15, 0.2) is 5.78 Å². The van der Waals surface area contributed by atoms with Gasteiger partial charge in [-0.2, -0.15) is 11.8 Å². The van der Waals surface area contributed by atoms with Crippen molar-refractivity contribution in [2.75, 3.05) is 54.9 Å². The van der Waals surface area contributed by atoms with Gasteiger partial charge in [0.25, 0.3) is 0 Å². The molecule has 12 nitrogen and oxygen atoms in total. The monoisotopic (exact) mass is 1160 g/mol. The molecule has 0 saturated heterocycles. The molecular weight excluding hydrogens is 1010 g/mol. The summed E-state index contributed by atoms with van der Waals surface area (Å²) in [5.74, 6) is 0.295. The summed E-state index contributed by atoms with van der Waals surface area (Å²) in [4.78, 5) is 42.2. The van der Waals surface area contributed by atoms with Gasteiger partial charge >= 0.3 is 5.97 Å². The molecule has 0 aliphatic heterocycles. The fourth-order valence-corrected chi connectivity index (χ4v) is 3.46. The fraction of sp³-hybridized carbons (Fsp3) is 0.939. The number of thioether (sulfide) groups is 1. The Bertz CT molecular complexity index is 1240. The Morgan fingerprint density at radius 3 is 0.848 bits per heavy atom. The average molecular weight is 1160 g/mol. The number of Topliss-reactive ketones (excluding diaryl/α,β-unsaturated/α-hetero) is 3. The second-order valence-corrected chi connectivity index (χ2v) is 26.9. The van der Waals surface area contributed by atoms with Crippen LogP contribution in [0.3, 0.4) is 0 Å². The van der Waals surface area contributed by atoms with Crippen molar-refractivity contribution in [2.24, 2.45) is 10.8 Å². The highest BCUT2D eigenvalue weighted by atomic mass is 32.2. The summed E-state index contributed by atoms with van der Waals surface area (Å²) in [5, 5.41) is 6.21. The Kier molecular flexibility index (Phi) is 69.2. The number of carbonyl (C=O) groups is 4. The summed E-state index contributed by atoms with van der Waals surface area (Å²) < 4.78 is 31.1. The lowest BCUT2D eigenvalue weighted by molar-refractivity contribution is -0.153. The Balaban J connectivity index is -0.0000000723. The second-order valence-electron chi connectivity index (χ2n) is 25.3. The number of ketones is 3. The van der Waals surface area contributed by atoms with Crippen LogP contribution in [0.2, 0.25) is 0 Å². The number of nitrogens with one attached hydrogen (secondary N) is 2. The molecule has 0 aliphatic rings. The first-order valence-corrected chi connectivity index (χ1v) is 30.5. The van der Waals surface area contributed by atoms with Crippen LogP contribution in [0, 0.1) is 10.8 Å². The quantitative estimate of drug-likeness (QED) is 0.0739. The van der Waals surface area contributed by atoms with E-state index in [-0.39, 0.29) is 64.3 Å². The molecule has 488 valence electrons. The van der Waals surface area contributed by atoms with Crippen LogP contribution in [0.5, 0.6) is 0 Å². The van der Waals surface area contributed by atoms with Gasteiger partial charge in [0.2, 0.25) is 0 Å². The molecule has 0 bridgehead atoms. The maximum Gasteiger partial charge on any atom is 0.303 e. The van der Waals surface area contributed by atoms with Crippen LogP contribution in [0.4, 0.5) is 0 Å². The first-order valence-electron chi connectivity index (χ1n) is 29.3. The Labute approximate surface area is 501 Å². The summed E-state index contributed by atoms with van der Waals surface area (Å²) in [6, 6.07) is 0. The van der Waals surface area contributed by atoms with Crippen molar-refractivity contribution in [1.82, 2.24) is 10.6 Å². The predicted octanol–water partition coefficient (Wildman–Crippen LogP) is 18.6. The van der Waals surface area contributed by atoms with E-state index in [9.17, 15) is 19.2 Å². The van der Waals surface area contributed by atoms with E-state index in [1.807, 2.05) is 109 Å². The van der Waals surface area contributed by atoms with Crippen LogP contribution in [0.1, 0.15) is 301 Å². The van der Waals surface area contributed by atoms with Gasteiger partial charge in [-0.15, -0.1) is 0 Å². The number of carbonyl (C=O) groups excluding carboxylic acids is 4. The first-order chi connectivity index (χ1) is 34.7. The number of ether oxygens (including phenoxy) is 6. The van der Waals surface area contributed by atoms with E-state index in [2.05, 4.69) is 128 Å². The van der Waals surface area contributed by atoms with Gasteiger partial charge in [-0.3, -0.25) is 24.5 Å². The summed E-state index contributed by atoms with van der Waals surface area (Å²) in [7, 11) is 8.76. The van der Waals surface area contributed by atoms with Gasteiger partial charge in [0, 0.05) is 63.6 Å². The Morgan fingerprint density at radius 2 is 0.797 bits per heavy atom. The van der Waals surface area contributed by atoms with Gasteiger partial charge in [-0.05, 0) is 196 Å². The molecule has 0 saturated carbocycles. The Morgan fingerprint density at radius 1 is 0.430 bits per heavy atom. The zero-order chi connectivity index (χ0) is 65.5. The van der Waals surface area contributed by atoms with Gasteiger partial charge in [0.1, 0.15) is 28.5 Å². The van der Waals surface area contributed by atoms with E-state index in [1.165, 1.54) is 46.6 Å². The second kappa shape index (κ2) is 53.3. The van der Waals surface area contributed by atoms with Gasteiger partial charge in [0.05, 0.1) is 16.8 Å². The maximum atomic E-state index is 10.7. The molecule has 0 spiro atoms. The van der Waals surface area contributed by atoms with Crippen LogP contribution < -0.4 is 10.6 Å². The number of hydrogen-bond donors (Lipinski definition) is 2. The molecule has 0 aromatic carbocycles. The van der Waals surface area contributed by atoms with E-state index in [0.29, 0.717) is 22.1 Å². The zero-order valence-electron chi connectivity index (χ0n) is 60.3. The van der Waals surface area contributed by atoms with Crippen LogP contribution in [0.25, 0.3) is 0 Å².